The van der Waals surface area contributed by atoms with Gasteiger partial charge >= 0.3 is 0 Å². The third-order valence-electron chi connectivity index (χ3n) is 6.32. The van der Waals surface area contributed by atoms with E-state index in [1.807, 2.05) is 48.0 Å². The van der Waals surface area contributed by atoms with E-state index in [9.17, 15) is 9.59 Å². The first-order chi connectivity index (χ1) is 14.5. The van der Waals surface area contributed by atoms with Gasteiger partial charge in [-0.05, 0) is 63.9 Å². The maximum atomic E-state index is 13.0. The molecule has 2 aliphatic rings. The van der Waals surface area contributed by atoms with Crippen molar-refractivity contribution in [2.24, 2.45) is 0 Å². The molecule has 0 aliphatic carbocycles. The largest absolute Gasteiger partial charge is 0.378 e. The Balaban J connectivity index is 1.50. The van der Waals surface area contributed by atoms with E-state index in [0.29, 0.717) is 6.04 Å². The molecule has 1 aromatic carbocycles. The molecule has 2 unspecified atom stereocenters. The normalized spacial score (nSPS) is 20.9. The number of carbonyl (C=O) groups is 2. The summed E-state index contributed by atoms with van der Waals surface area (Å²) >= 11 is 0. The molecule has 166 valence electrons. The quantitative estimate of drug-likeness (QED) is 0.740. The van der Waals surface area contributed by atoms with Crippen molar-refractivity contribution in [3.63, 3.8) is 0 Å². The lowest BCUT2D eigenvalue weighted by Crippen LogP contribution is -2.52. The van der Waals surface area contributed by atoms with Gasteiger partial charge in [0.05, 0.1) is 25.8 Å². The molecule has 30 heavy (non-hydrogen) atoms. The Morgan fingerprint density at radius 2 is 1.87 bits per heavy atom. The van der Waals surface area contributed by atoms with Crippen molar-refractivity contribution in [1.29, 1.82) is 0 Å². The number of likely N-dealkylation sites (N-methyl/N-ethyl adjacent to an activating group) is 1. The molecule has 7 nitrogen and oxygen atoms in total. The number of carbonyl (C=O) groups excluding carboxylic acids is 2. The summed E-state index contributed by atoms with van der Waals surface area (Å²) in [4.78, 5) is 31.6. The van der Waals surface area contributed by atoms with E-state index in [4.69, 9.17) is 4.74 Å². The van der Waals surface area contributed by atoms with Crippen molar-refractivity contribution >= 4 is 23.2 Å². The lowest BCUT2D eigenvalue weighted by Gasteiger charge is -2.38. The Bertz CT molecular complexity index is 703. The topological polar surface area (TPSA) is 65.1 Å². The molecular weight excluding hydrogens is 380 g/mol. The van der Waals surface area contributed by atoms with Gasteiger partial charge in [0.2, 0.25) is 11.8 Å². The van der Waals surface area contributed by atoms with Crippen LogP contribution in [0.15, 0.2) is 24.3 Å². The number of hydrogen-bond acceptors (Lipinski definition) is 5. The van der Waals surface area contributed by atoms with E-state index in [0.717, 1.165) is 63.5 Å². The van der Waals surface area contributed by atoms with Gasteiger partial charge in [0, 0.05) is 37.1 Å². The van der Waals surface area contributed by atoms with Crippen LogP contribution in [0.2, 0.25) is 0 Å². The standard InChI is InChI=1S/C23H36N4O3/c1-4-20-7-5-6-12-27(20)23(29)18(2)25(3)17-22(28)24-19-8-10-21(11-9-19)26-13-15-30-16-14-26/h8-11,18,20H,4-7,12-17H2,1-3H3,(H,24,28). The van der Waals surface area contributed by atoms with Gasteiger partial charge in [0.15, 0.2) is 0 Å². The van der Waals surface area contributed by atoms with E-state index >= 15 is 0 Å². The number of morpholine rings is 1. The second kappa shape index (κ2) is 10.8. The molecule has 7 heteroatoms. The van der Waals surface area contributed by atoms with Crippen LogP contribution in [0.1, 0.15) is 39.5 Å². The zero-order valence-corrected chi connectivity index (χ0v) is 18.6. The number of benzene rings is 1. The average molecular weight is 417 g/mol. The average Bonchev–Trinajstić information content (AvgIpc) is 2.79. The fourth-order valence-corrected chi connectivity index (χ4v) is 4.28. The van der Waals surface area contributed by atoms with Gasteiger partial charge in [-0.2, -0.15) is 0 Å². The highest BCUT2D eigenvalue weighted by Gasteiger charge is 2.30. The summed E-state index contributed by atoms with van der Waals surface area (Å²) < 4.78 is 5.39. The highest BCUT2D eigenvalue weighted by atomic mass is 16.5. The number of rotatable bonds is 7. The first-order valence-corrected chi connectivity index (χ1v) is 11.2. The van der Waals surface area contributed by atoms with Crippen LogP contribution >= 0.6 is 0 Å². The number of ether oxygens (including phenoxy) is 1. The highest BCUT2D eigenvalue weighted by Crippen LogP contribution is 2.21. The van der Waals surface area contributed by atoms with Crippen LogP contribution in [-0.2, 0) is 14.3 Å². The molecule has 2 heterocycles. The van der Waals surface area contributed by atoms with Crippen molar-refractivity contribution in [2.75, 3.05) is 56.7 Å². The lowest BCUT2D eigenvalue weighted by atomic mass is 9.99. The van der Waals surface area contributed by atoms with Crippen LogP contribution in [0.25, 0.3) is 0 Å². The minimum atomic E-state index is -0.313. The van der Waals surface area contributed by atoms with Gasteiger partial charge < -0.3 is 19.9 Å². The van der Waals surface area contributed by atoms with Gasteiger partial charge in [0.1, 0.15) is 0 Å². The predicted octanol–water partition coefficient (Wildman–Crippen LogP) is 2.57. The molecule has 3 rings (SSSR count). The fourth-order valence-electron chi connectivity index (χ4n) is 4.28. The van der Waals surface area contributed by atoms with Crippen LogP contribution in [0, 0.1) is 0 Å². The first-order valence-electron chi connectivity index (χ1n) is 11.2. The van der Waals surface area contributed by atoms with Gasteiger partial charge in [-0.1, -0.05) is 6.92 Å². The number of amides is 2. The van der Waals surface area contributed by atoms with Crippen molar-refractivity contribution in [2.45, 2.75) is 51.6 Å². The summed E-state index contributed by atoms with van der Waals surface area (Å²) in [5, 5.41) is 2.95. The predicted molar refractivity (Wildman–Crippen MR) is 120 cm³/mol. The zero-order chi connectivity index (χ0) is 21.5. The maximum absolute atomic E-state index is 13.0. The smallest absolute Gasteiger partial charge is 0.239 e. The summed E-state index contributed by atoms with van der Waals surface area (Å²) in [5.74, 6) is 0.0219. The van der Waals surface area contributed by atoms with Gasteiger partial charge in [0.25, 0.3) is 0 Å². The number of likely N-dealkylation sites (tertiary alicyclic amines) is 1. The van der Waals surface area contributed by atoms with Crippen molar-refractivity contribution < 1.29 is 14.3 Å². The Morgan fingerprint density at radius 1 is 1.17 bits per heavy atom. The fraction of sp³-hybridized carbons (Fsp3) is 0.652. The second-order valence-electron chi connectivity index (χ2n) is 8.38. The minimum Gasteiger partial charge on any atom is -0.378 e. The monoisotopic (exact) mass is 416 g/mol. The third-order valence-corrected chi connectivity index (χ3v) is 6.32. The van der Waals surface area contributed by atoms with Crippen LogP contribution in [-0.4, -0.2) is 80.1 Å². The van der Waals surface area contributed by atoms with Gasteiger partial charge in [-0.25, -0.2) is 0 Å². The molecule has 0 bridgehead atoms. The number of nitrogens with one attached hydrogen (secondary N) is 1. The van der Waals surface area contributed by atoms with E-state index in [-0.39, 0.29) is 24.4 Å². The van der Waals surface area contributed by atoms with E-state index in [1.165, 1.54) is 6.42 Å². The van der Waals surface area contributed by atoms with E-state index < -0.39 is 0 Å². The third kappa shape index (κ3) is 5.73. The van der Waals surface area contributed by atoms with Crippen LogP contribution in [0.4, 0.5) is 11.4 Å². The first kappa shape index (κ1) is 22.6. The Morgan fingerprint density at radius 3 is 2.53 bits per heavy atom. The number of anilines is 2. The SMILES string of the molecule is CCC1CCCCN1C(=O)C(C)N(C)CC(=O)Nc1ccc(N2CCOCC2)cc1. The van der Waals surface area contributed by atoms with Crippen molar-refractivity contribution in [3.8, 4) is 0 Å². The molecule has 2 fully saturated rings. The Hall–Kier alpha value is -2.12. The highest BCUT2D eigenvalue weighted by molar-refractivity contribution is 5.93. The summed E-state index contributed by atoms with van der Waals surface area (Å²) in [6, 6.07) is 7.93. The van der Waals surface area contributed by atoms with Gasteiger partial charge in [-0.15, -0.1) is 0 Å². The van der Waals surface area contributed by atoms with Crippen molar-refractivity contribution in [3.05, 3.63) is 24.3 Å². The molecular formula is C23H36N4O3. The summed E-state index contributed by atoms with van der Waals surface area (Å²) in [6.45, 7) is 8.32. The summed E-state index contributed by atoms with van der Waals surface area (Å²) in [7, 11) is 1.84. The molecule has 1 N–H and O–H groups in total. The van der Waals surface area contributed by atoms with E-state index in [2.05, 4.69) is 17.1 Å². The van der Waals surface area contributed by atoms with Gasteiger partial charge in [-0.3, -0.25) is 14.5 Å². The maximum Gasteiger partial charge on any atom is 0.239 e. The van der Waals surface area contributed by atoms with Crippen LogP contribution in [0.5, 0.6) is 0 Å². The van der Waals surface area contributed by atoms with Crippen LogP contribution < -0.4 is 10.2 Å². The second-order valence-corrected chi connectivity index (χ2v) is 8.38. The number of hydrogen-bond donors (Lipinski definition) is 1. The zero-order valence-electron chi connectivity index (χ0n) is 18.6. The Kier molecular flexibility index (Phi) is 8.10. The lowest BCUT2D eigenvalue weighted by molar-refractivity contribution is -0.140. The van der Waals surface area contributed by atoms with E-state index in [1.54, 1.807) is 0 Å². The molecule has 0 radical (unpaired) electrons. The molecule has 0 spiro atoms. The molecule has 2 atom stereocenters. The van der Waals surface area contributed by atoms with Crippen LogP contribution in [0.3, 0.4) is 0 Å². The summed E-state index contributed by atoms with van der Waals surface area (Å²) in [5.41, 5.74) is 1.91. The Labute approximate surface area is 180 Å². The summed E-state index contributed by atoms with van der Waals surface area (Å²) in [6.07, 6.45) is 4.33. The number of nitrogens with zero attached hydrogens (tertiary/aromatic N) is 3. The molecule has 2 amide bonds. The number of piperidine rings is 1. The molecule has 2 aliphatic heterocycles. The molecule has 0 saturated carbocycles. The molecule has 1 aromatic rings. The minimum absolute atomic E-state index is 0.109. The molecule has 2 saturated heterocycles. The molecule has 0 aromatic heterocycles. The van der Waals surface area contributed by atoms with Crippen molar-refractivity contribution in [1.82, 2.24) is 9.80 Å².